The molecule has 0 saturated heterocycles. The molecule has 0 fully saturated rings. The predicted octanol–water partition coefficient (Wildman–Crippen LogP) is 4.31. The molecule has 0 unspecified atom stereocenters. The van der Waals surface area contributed by atoms with Crippen LogP contribution in [0, 0.1) is 0 Å². The summed E-state index contributed by atoms with van der Waals surface area (Å²) in [6.07, 6.45) is 6.36. The Bertz CT molecular complexity index is 1780. The Morgan fingerprint density at radius 1 is 0.913 bits per heavy atom. The summed E-state index contributed by atoms with van der Waals surface area (Å²) in [5.74, 6) is 2.24. The fraction of sp³-hybridized carbons (Fsp3) is 0.364. The molecule has 2 N–H and O–H groups in total. The summed E-state index contributed by atoms with van der Waals surface area (Å²) in [7, 11) is 0. The Kier molecular flexibility index (Phi) is 9.87. The van der Waals surface area contributed by atoms with E-state index in [2.05, 4.69) is 15.6 Å². The highest BCUT2D eigenvalue weighted by Gasteiger charge is 2.24. The van der Waals surface area contributed by atoms with Gasteiger partial charge in [0.15, 0.2) is 28.2 Å². The lowest BCUT2D eigenvalue weighted by Gasteiger charge is -2.18. The van der Waals surface area contributed by atoms with Crippen molar-refractivity contribution in [3.05, 3.63) is 76.3 Å². The number of aromatic nitrogens is 3. The number of fused-ring (bicyclic) bond motifs is 3. The van der Waals surface area contributed by atoms with Gasteiger partial charge in [0.25, 0.3) is 5.56 Å². The van der Waals surface area contributed by atoms with Crippen molar-refractivity contribution in [2.24, 2.45) is 0 Å². The number of pyridine rings is 1. The first kappa shape index (κ1) is 31.2. The van der Waals surface area contributed by atoms with E-state index >= 15 is 0 Å². The maximum absolute atomic E-state index is 13.8. The normalized spacial score (nSPS) is 13.5. The maximum Gasteiger partial charge on any atom is 0.262 e. The molecule has 0 bridgehead atoms. The third kappa shape index (κ3) is 7.36. The lowest BCUT2D eigenvalue weighted by Crippen LogP contribution is -2.33. The number of nitrogens with one attached hydrogen (secondary N) is 2. The number of thioether (sulfide) groups is 1. The Balaban J connectivity index is 1.09. The van der Waals surface area contributed by atoms with Gasteiger partial charge in [0, 0.05) is 44.5 Å². The summed E-state index contributed by atoms with van der Waals surface area (Å²) in [4.78, 5) is 48.4. The van der Waals surface area contributed by atoms with Crippen LogP contribution in [0.3, 0.4) is 0 Å². The van der Waals surface area contributed by atoms with E-state index in [1.165, 1.54) is 11.8 Å². The van der Waals surface area contributed by atoms with E-state index in [1.54, 1.807) is 29.1 Å². The second kappa shape index (κ2) is 14.5. The van der Waals surface area contributed by atoms with Crippen molar-refractivity contribution in [3.63, 3.8) is 0 Å². The zero-order chi connectivity index (χ0) is 31.9. The number of unbranched alkanes of at least 4 members (excludes halogenated alkanes) is 2. The topological polar surface area (TPSA) is 143 Å². The van der Waals surface area contributed by atoms with Crippen LogP contribution in [0.5, 0.6) is 23.0 Å². The number of ether oxygens (including phenoxy) is 4. The summed E-state index contributed by atoms with van der Waals surface area (Å²) in [5, 5.41) is 6.34. The molecule has 0 radical (unpaired) electrons. The zero-order valence-electron chi connectivity index (χ0n) is 25.5. The highest BCUT2D eigenvalue weighted by Crippen LogP contribution is 2.36. The molecule has 0 aliphatic carbocycles. The Hall–Kier alpha value is -4.78. The van der Waals surface area contributed by atoms with Crippen LogP contribution in [0.2, 0.25) is 0 Å². The van der Waals surface area contributed by atoms with Crippen molar-refractivity contribution in [1.82, 2.24) is 25.2 Å². The monoisotopic (exact) mass is 645 g/mol. The van der Waals surface area contributed by atoms with E-state index in [1.807, 2.05) is 37.3 Å². The van der Waals surface area contributed by atoms with Gasteiger partial charge in [-0.15, -0.1) is 0 Å². The average molecular weight is 646 g/mol. The van der Waals surface area contributed by atoms with Crippen LogP contribution in [0.4, 0.5) is 0 Å². The SMILES string of the molecule is CC[C@@H](Sc1nc2cc3c(cc2c(=O)n1CCCCCC(=O)NCc1ccc2c(c1)OCO2)OCO3)C(=O)NCc1cccnc1. The van der Waals surface area contributed by atoms with Crippen molar-refractivity contribution < 1.29 is 28.5 Å². The summed E-state index contributed by atoms with van der Waals surface area (Å²) in [5.41, 5.74) is 2.11. The molecule has 240 valence electrons. The Labute approximate surface area is 269 Å². The van der Waals surface area contributed by atoms with Crippen LogP contribution in [-0.2, 0) is 29.2 Å². The van der Waals surface area contributed by atoms with Gasteiger partial charge in [0.1, 0.15) is 0 Å². The van der Waals surface area contributed by atoms with Crippen molar-refractivity contribution in [3.8, 4) is 23.0 Å². The first-order valence-electron chi connectivity index (χ1n) is 15.3. The predicted molar refractivity (Wildman–Crippen MR) is 171 cm³/mol. The van der Waals surface area contributed by atoms with E-state index in [4.69, 9.17) is 23.9 Å². The zero-order valence-corrected chi connectivity index (χ0v) is 26.3. The molecule has 0 spiro atoms. The molecule has 12 nitrogen and oxygen atoms in total. The molecule has 2 aliphatic heterocycles. The van der Waals surface area contributed by atoms with Gasteiger partial charge in [-0.05, 0) is 54.7 Å². The van der Waals surface area contributed by atoms with Crippen LogP contribution in [0.15, 0.2) is 64.8 Å². The van der Waals surface area contributed by atoms with Gasteiger partial charge < -0.3 is 29.6 Å². The number of carbonyl (C=O) groups is 2. The van der Waals surface area contributed by atoms with E-state index in [-0.39, 0.29) is 31.0 Å². The van der Waals surface area contributed by atoms with E-state index < -0.39 is 5.25 Å². The molecule has 0 saturated carbocycles. The number of nitrogens with zero attached hydrogens (tertiary/aromatic N) is 3. The largest absolute Gasteiger partial charge is 0.454 e. The summed E-state index contributed by atoms with van der Waals surface area (Å²) in [6.45, 7) is 3.38. The molecule has 6 rings (SSSR count). The number of amides is 2. The minimum absolute atomic E-state index is 0.0439. The number of rotatable bonds is 14. The number of hydrogen-bond donors (Lipinski definition) is 2. The van der Waals surface area contributed by atoms with Crippen molar-refractivity contribution in [2.75, 3.05) is 13.6 Å². The summed E-state index contributed by atoms with van der Waals surface area (Å²) in [6, 6.07) is 12.7. The number of hydrogen-bond acceptors (Lipinski definition) is 10. The second-order valence-electron chi connectivity index (χ2n) is 10.9. The lowest BCUT2D eigenvalue weighted by molar-refractivity contribution is -0.121. The molecule has 2 aliphatic rings. The molecule has 2 aromatic carbocycles. The quantitative estimate of drug-likeness (QED) is 0.116. The van der Waals surface area contributed by atoms with Crippen molar-refractivity contribution in [1.29, 1.82) is 0 Å². The highest BCUT2D eigenvalue weighted by atomic mass is 32.2. The van der Waals surface area contributed by atoms with Gasteiger partial charge in [-0.3, -0.25) is 23.9 Å². The van der Waals surface area contributed by atoms with E-state index in [0.29, 0.717) is 84.4 Å². The second-order valence-corrected chi connectivity index (χ2v) is 12.1. The van der Waals surface area contributed by atoms with Crippen LogP contribution < -0.4 is 35.1 Å². The average Bonchev–Trinajstić information content (AvgIpc) is 3.74. The smallest absolute Gasteiger partial charge is 0.262 e. The standard InChI is InChI=1S/C33H35N5O7S/c1-2-29(31(40)36-18-22-7-6-11-34-16-22)46-33-37-24-15-28-27(44-20-45-28)14-23(24)32(41)38(33)12-5-3-4-8-30(39)35-17-21-9-10-25-26(13-21)43-19-42-25/h6-7,9-11,13-16,29H,2-5,8,12,17-20H2,1H3,(H,35,39)(H,36,40)/t29-/m1/s1. The summed E-state index contributed by atoms with van der Waals surface area (Å²) < 4.78 is 23.4. The van der Waals surface area contributed by atoms with Gasteiger partial charge in [0.05, 0.1) is 16.2 Å². The molecule has 13 heteroatoms. The Morgan fingerprint density at radius 2 is 1.67 bits per heavy atom. The van der Waals surface area contributed by atoms with Crippen molar-refractivity contribution in [2.45, 2.75) is 69.1 Å². The molecule has 2 aromatic heterocycles. The Morgan fingerprint density at radius 3 is 2.46 bits per heavy atom. The van der Waals surface area contributed by atoms with Gasteiger partial charge >= 0.3 is 0 Å². The van der Waals surface area contributed by atoms with Gasteiger partial charge in [0.2, 0.25) is 25.4 Å². The molecule has 2 amide bonds. The van der Waals surface area contributed by atoms with Crippen LogP contribution in [0.25, 0.3) is 10.9 Å². The van der Waals surface area contributed by atoms with Gasteiger partial charge in [-0.25, -0.2) is 4.98 Å². The lowest BCUT2D eigenvalue weighted by atomic mass is 10.1. The number of carbonyl (C=O) groups excluding carboxylic acids is 2. The van der Waals surface area contributed by atoms with Crippen LogP contribution in [-0.4, -0.2) is 45.2 Å². The molecule has 4 aromatic rings. The molecule has 46 heavy (non-hydrogen) atoms. The third-order valence-corrected chi connectivity index (χ3v) is 9.08. The maximum atomic E-state index is 13.8. The minimum Gasteiger partial charge on any atom is -0.454 e. The van der Waals surface area contributed by atoms with E-state index in [9.17, 15) is 14.4 Å². The molecule has 4 heterocycles. The first-order valence-corrected chi connectivity index (χ1v) is 16.2. The molecule has 1 atom stereocenters. The van der Waals surface area contributed by atoms with Crippen molar-refractivity contribution >= 4 is 34.5 Å². The van der Waals surface area contributed by atoms with Gasteiger partial charge in [-0.1, -0.05) is 37.2 Å². The molecular formula is C33H35N5O7S. The number of benzene rings is 2. The van der Waals surface area contributed by atoms with Crippen LogP contribution in [0.1, 0.15) is 50.2 Å². The fourth-order valence-corrected chi connectivity index (χ4v) is 6.27. The third-order valence-electron chi connectivity index (χ3n) is 7.73. The van der Waals surface area contributed by atoms with Gasteiger partial charge in [-0.2, -0.15) is 0 Å². The minimum atomic E-state index is -0.463. The van der Waals surface area contributed by atoms with E-state index in [0.717, 1.165) is 17.5 Å². The first-order chi connectivity index (χ1) is 22.5. The summed E-state index contributed by atoms with van der Waals surface area (Å²) >= 11 is 1.27. The van der Waals surface area contributed by atoms with Crippen LogP contribution >= 0.6 is 11.8 Å². The fourth-order valence-electron chi connectivity index (χ4n) is 5.21. The molecular weight excluding hydrogens is 610 g/mol. The highest BCUT2D eigenvalue weighted by molar-refractivity contribution is 8.00.